The van der Waals surface area contributed by atoms with Crippen LogP contribution in [-0.2, 0) is 0 Å². The van der Waals surface area contributed by atoms with Gasteiger partial charge in [0, 0.05) is 23.3 Å². The predicted octanol–water partition coefficient (Wildman–Crippen LogP) is 3.04. The van der Waals surface area contributed by atoms with Crippen molar-refractivity contribution in [2.24, 2.45) is 0 Å². The van der Waals surface area contributed by atoms with E-state index in [-0.39, 0.29) is 11.4 Å². The summed E-state index contributed by atoms with van der Waals surface area (Å²) < 4.78 is 0. The number of hydrogen-bond acceptors (Lipinski definition) is 2. The fourth-order valence-electron chi connectivity index (χ4n) is 1.41. The molecule has 3 heteroatoms. The molecule has 17 heavy (non-hydrogen) atoms. The molecule has 0 radical (unpaired) electrons. The molecule has 1 aromatic carbocycles. The van der Waals surface area contributed by atoms with Crippen LogP contribution in [0.15, 0.2) is 24.3 Å². The van der Waals surface area contributed by atoms with Crippen molar-refractivity contribution in [3.8, 4) is 0 Å². The van der Waals surface area contributed by atoms with Crippen molar-refractivity contribution in [1.29, 1.82) is 0 Å². The van der Waals surface area contributed by atoms with Gasteiger partial charge < -0.3 is 10.6 Å². The van der Waals surface area contributed by atoms with E-state index in [2.05, 4.69) is 17.6 Å². The molecule has 0 aliphatic rings. The zero-order valence-electron chi connectivity index (χ0n) is 11.1. The maximum atomic E-state index is 12.0. The Morgan fingerprint density at radius 2 is 1.76 bits per heavy atom. The molecule has 94 valence electrons. The van der Waals surface area contributed by atoms with Crippen molar-refractivity contribution < 1.29 is 4.79 Å². The van der Waals surface area contributed by atoms with Crippen LogP contribution >= 0.6 is 0 Å². The maximum absolute atomic E-state index is 12.0. The summed E-state index contributed by atoms with van der Waals surface area (Å²) in [6.45, 7) is 9.04. The average molecular weight is 234 g/mol. The number of carbonyl (C=O) groups excluding carboxylic acids is 1. The van der Waals surface area contributed by atoms with E-state index in [4.69, 9.17) is 0 Å². The summed E-state index contributed by atoms with van der Waals surface area (Å²) in [5.41, 5.74) is 1.59. The van der Waals surface area contributed by atoms with E-state index in [1.165, 1.54) is 0 Å². The topological polar surface area (TPSA) is 41.1 Å². The fourth-order valence-corrected chi connectivity index (χ4v) is 1.41. The van der Waals surface area contributed by atoms with Crippen LogP contribution in [0.1, 0.15) is 44.5 Å². The average Bonchev–Trinajstić information content (AvgIpc) is 2.30. The van der Waals surface area contributed by atoms with Gasteiger partial charge >= 0.3 is 0 Å². The lowest BCUT2D eigenvalue weighted by Gasteiger charge is -2.24. The summed E-state index contributed by atoms with van der Waals surface area (Å²) >= 11 is 0. The van der Waals surface area contributed by atoms with Crippen molar-refractivity contribution in [1.82, 2.24) is 5.32 Å². The lowest BCUT2D eigenvalue weighted by atomic mass is 10.0. The number of hydrogen-bond donors (Lipinski definition) is 2. The smallest absolute Gasteiger partial charge is 0.251 e. The van der Waals surface area contributed by atoms with Crippen molar-refractivity contribution in [3.63, 3.8) is 0 Å². The van der Waals surface area contributed by atoms with Crippen molar-refractivity contribution in [2.45, 2.75) is 39.7 Å². The summed E-state index contributed by atoms with van der Waals surface area (Å²) in [6.07, 6.45) is 0.911. The van der Waals surface area contributed by atoms with Crippen LogP contribution < -0.4 is 10.6 Å². The summed E-state index contributed by atoms with van der Waals surface area (Å²) in [5.74, 6) is -0.0140. The molecule has 1 aromatic rings. The molecule has 1 amide bonds. The Bertz CT molecular complexity index is 368. The molecule has 0 aliphatic heterocycles. The highest BCUT2D eigenvalue weighted by Crippen LogP contribution is 2.12. The van der Waals surface area contributed by atoms with Gasteiger partial charge in [0.25, 0.3) is 5.91 Å². The molecular formula is C14H22N2O. The van der Waals surface area contributed by atoms with Crippen LogP contribution in [0.3, 0.4) is 0 Å². The zero-order chi connectivity index (χ0) is 12.9. The molecule has 0 spiro atoms. The highest BCUT2D eigenvalue weighted by Gasteiger charge is 2.18. The zero-order valence-corrected chi connectivity index (χ0v) is 11.1. The second kappa shape index (κ2) is 5.71. The van der Waals surface area contributed by atoms with Crippen LogP contribution in [0.4, 0.5) is 5.69 Å². The third-order valence-electron chi connectivity index (χ3n) is 2.86. The molecule has 0 fully saturated rings. The third-order valence-corrected chi connectivity index (χ3v) is 2.86. The molecule has 0 atom stereocenters. The molecule has 2 N–H and O–H groups in total. The second-order valence-electron chi connectivity index (χ2n) is 4.80. The summed E-state index contributed by atoms with van der Waals surface area (Å²) in [6, 6.07) is 7.55. The minimum atomic E-state index is -0.155. The highest BCUT2D eigenvalue weighted by atomic mass is 16.1. The Morgan fingerprint density at radius 3 is 2.24 bits per heavy atom. The first kappa shape index (κ1) is 13.6. The molecule has 0 bridgehead atoms. The molecule has 0 saturated carbocycles. The molecule has 0 unspecified atom stereocenters. The quantitative estimate of drug-likeness (QED) is 0.822. The van der Waals surface area contributed by atoms with Gasteiger partial charge in [0.2, 0.25) is 0 Å². The van der Waals surface area contributed by atoms with Crippen molar-refractivity contribution in [2.75, 3.05) is 11.9 Å². The van der Waals surface area contributed by atoms with E-state index < -0.39 is 0 Å². The number of anilines is 1. The van der Waals surface area contributed by atoms with Crippen LogP contribution in [0, 0.1) is 0 Å². The maximum Gasteiger partial charge on any atom is 0.251 e. The van der Waals surface area contributed by atoms with Crippen LogP contribution in [-0.4, -0.2) is 18.0 Å². The third kappa shape index (κ3) is 4.10. The first-order valence-corrected chi connectivity index (χ1v) is 6.15. The number of nitrogens with one attached hydrogen (secondary N) is 2. The SMILES string of the molecule is CCNc1ccc(C(=O)NC(C)(C)CC)cc1. The van der Waals surface area contributed by atoms with E-state index in [1.807, 2.05) is 45.0 Å². The number of rotatable bonds is 5. The first-order valence-electron chi connectivity index (χ1n) is 6.15. The summed E-state index contributed by atoms with van der Waals surface area (Å²) in [4.78, 5) is 12.0. The van der Waals surface area contributed by atoms with Crippen LogP contribution in [0.25, 0.3) is 0 Å². The minimum Gasteiger partial charge on any atom is -0.385 e. The van der Waals surface area contributed by atoms with Gasteiger partial charge in [-0.1, -0.05) is 6.92 Å². The standard InChI is InChI=1S/C14H22N2O/c1-5-14(3,4)16-13(17)11-7-9-12(10-8-11)15-6-2/h7-10,15H,5-6H2,1-4H3,(H,16,17). The molecule has 0 aromatic heterocycles. The van der Waals surface area contributed by atoms with Gasteiger partial charge in [-0.2, -0.15) is 0 Å². The molecule has 0 saturated heterocycles. The van der Waals surface area contributed by atoms with E-state index >= 15 is 0 Å². The van der Waals surface area contributed by atoms with Gasteiger partial charge in [-0.3, -0.25) is 4.79 Å². The first-order chi connectivity index (χ1) is 7.98. The van der Waals surface area contributed by atoms with E-state index in [9.17, 15) is 4.79 Å². The Labute approximate surface area is 104 Å². The van der Waals surface area contributed by atoms with E-state index in [0.29, 0.717) is 5.56 Å². The number of amides is 1. The molecule has 0 heterocycles. The summed E-state index contributed by atoms with van der Waals surface area (Å²) in [5, 5.41) is 6.22. The molecule has 0 aliphatic carbocycles. The minimum absolute atomic E-state index is 0.0140. The van der Waals surface area contributed by atoms with Crippen molar-refractivity contribution in [3.05, 3.63) is 29.8 Å². The monoisotopic (exact) mass is 234 g/mol. The Kier molecular flexibility index (Phi) is 4.55. The fraction of sp³-hybridized carbons (Fsp3) is 0.500. The van der Waals surface area contributed by atoms with Gasteiger partial charge in [0.15, 0.2) is 0 Å². The van der Waals surface area contributed by atoms with Crippen LogP contribution in [0.2, 0.25) is 0 Å². The largest absolute Gasteiger partial charge is 0.385 e. The molecule has 1 rings (SSSR count). The van der Waals surface area contributed by atoms with Crippen LogP contribution in [0.5, 0.6) is 0 Å². The lowest BCUT2D eigenvalue weighted by molar-refractivity contribution is 0.0911. The Morgan fingerprint density at radius 1 is 1.18 bits per heavy atom. The van der Waals surface area contributed by atoms with Gasteiger partial charge in [-0.25, -0.2) is 0 Å². The number of carbonyl (C=O) groups is 1. The normalized spacial score (nSPS) is 11.1. The second-order valence-corrected chi connectivity index (χ2v) is 4.80. The van der Waals surface area contributed by atoms with Gasteiger partial charge in [-0.05, 0) is 51.5 Å². The Hall–Kier alpha value is -1.51. The lowest BCUT2D eigenvalue weighted by Crippen LogP contribution is -2.42. The predicted molar refractivity (Wildman–Crippen MR) is 72.4 cm³/mol. The van der Waals surface area contributed by atoms with E-state index in [1.54, 1.807) is 0 Å². The van der Waals surface area contributed by atoms with Gasteiger partial charge in [-0.15, -0.1) is 0 Å². The van der Waals surface area contributed by atoms with Crippen molar-refractivity contribution >= 4 is 11.6 Å². The molecular weight excluding hydrogens is 212 g/mol. The highest BCUT2D eigenvalue weighted by molar-refractivity contribution is 5.94. The van der Waals surface area contributed by atoms with Gasteiger partial charge in [0.1, 0.15) is 0 Å². The summed E-state index contributed by atoms with van der Waals surface area (Å²) in [7, 11) is 0. The van der Waals surface area contributed by atoms with E-state index in [0.717, 1.165) is 18.7 Å². The van der Waals surface area contributed by atoms with Gasteiger partial charge in [0.05, 0.1) is 0 Å². The Balaban J connectivity index is 2.70. The molecule has 3 nitrogen and oxygen atoms in total. The number of benzene rings is 1.